The third kappa shape index (κ3) is 3.22. The summed E-state index contributed by atoms with van der Waals surface area (Å²) in [7, 11) is 1.70. The SMILES string of the molecule is CN1C(=O)C(CCNC(=O)c2ccc(F)cc2)Oc2ccccc21. The molecule has 0 spiro atoms. The molecule has 0 bridgehead atoms. The minimum atomic E-state index is -0.640. The molecule has 124 valence electrons. The number of nitrogens with one attached hydrogen (secondary N) is 1. The molecule has 1 atom stereocenters. The van der Waals surface area contributed by atoms with E-state index in [2.05, 4.69) is 5.32 Å². The summed E-state index contributed by atoms with van der Waals surface area (Å²) < 4.78 is 18.6. The molecule has 2 aromatic rings. The van der Waals surface area contributed by atoms with Crippen LogP contribution in [0.15, 0.2) is 48.5 Å². The first-order valence-electron chi connectivity index (χ1n) is 7.63. The van der Waals surface area contributed by atoms with Gasteiger partial charge < -0.3 is 15.0 Å². The number of para-hydroxylation sites is 2. The van der Waals surface area contributed by atoms with Crippen molar-refractivity contribution in [2.24, 2.45) is 0 Å². The monoisotopic (exact) mass is 328 g/mol. The Labute approximate surface area is 139 Å². The molecule has 0 fully saturated rings. The van der Waals surface area contributed by atoms with Crippen LogP contribution in [0.2, 0.25) is 0 Å². The summed E-state index contributed by atoms with van der Waals surface area (Å²) in [4.78, 5) is 25.9. The van der Waals surface area contributed by atoms with Crippen molar-refractivity contribution in [2.75, 3.05) is 18.5 Å². The molecule has 1 heterocycles. The van der Waals surface area contributed by atoms with Crippen LogP contribution in [0, 0.1) is 5.82 Å². The van der Waals surface area contributed by atoms with Gasteiger partial charge in [0.1, 0.15) is 11.6 Å². The van der Waals surface area contributed by atoms with Crippen LogP contribution in [0.4, 0.5) is 10.1 Å². The summed E-state index contributed by atoms with van der Waals surface area (Å²) in [5.41, 5.74) is 1.10. The van der Waals surface area contributed by atoms with E-state index in [1.165, 1.54) is 24.3 Å². The number of fused-ring (bicyclic) bond motifs is 1. The molecule has 2 aromatic carbocycles. The predicted molar refractivity (Wildman–Crippen MR) is 87.6 cm³/mol. The molecule has 5 nitrogen and oxygen atoms in total. The number of nitrogens with zero attached hydrogens (tertiary/aromatic N) is 1. The molecular formula is C18H17FN2O3. The van der Waals surface area contributed by atoms with Gasteiger partial charge in [0.25, 0.3) is 11.8 Å². The summed E-state index contributed by atoms with van der Waals surface area (Å²) >= 11 is 0. The van der Waals surface area contributed by atoms with Crippen LogP contribution in [0.1, 0.15) is 16.8 Å². The topological polar surface area (TPSA) is 58.6 Å². The number of ether oxygens (including phenoxy) is 1. The van der Waals surface area contributed by atoms with E-state index in [0.717, 1.165) is 5.69 Å². The highest BCUT2D eigenvalue weighted by molar-refractivity contribution is 5.99. The number of hydrogen-bond acceptors (Lipinski definition) is 3. The van der Waals surface area contributed by atoms with E-state index in [0.29, 0.717) is 17.7 Å². The molecule has 1 unspecified atom stereocenters. The first-order chi connectivity index (χ1) is 11.6. The van der Waals surface area contributed by atoms with Crippen LogP contribution >= 0.6 is 0 Å². The Morgan fingerprint density at radius 1 is 1.21 bits per heavy atom. The lowest BCUT2D eigenvalue weighted by atomic mass is 10.1. The molecule has 1 N–H and O–H groups in total. The van der Waals surface area contributed by atoms with Gasteiger partial charge in [-0.1, -0.05) is 12.1 Å². The van der Waals surface area contributed by atoms with Crippen LogP contribution in [0.25, 0.3) is 0 Å². The molecule has 0 aliphatic carbocycles. The normalized spacial score (nSPS) is 16.3. The minimum absolute atomic E-state index is 0.148. The van der Waals surface area contributed by atoms with Gasteiger partial charge in [0.2, 0.25) is 0 Å². The highest BCUT2D eigenvalue weighted by Gasteiger charge is 2.31. The predicted octanol–water partition coefficient (Wildman–Crippen LogP) is 2.37. The van der Waals surface area contributed by atoms with E-state index in [1.54, 1.807) is 11.9 Å². The number of carbonyl (C=O) groups is 2. The van der Waals surface area contributed by atoms with Crippen LogP contribution in [0.3, 0.4) is 0 Å². The maximum atomic E-state index is 12.9. The lowest BCUT2D eigenvalue weighted by molar-refractivity contribution is -0.126. The number of hydrogen-bond donors (Lipinski definition) is 1. The zero-order chi connectivity index (χ0) is 17.1. The van der Waals surface area contributed by atoms with Crippen molar-refractivity contribution in [3.8, 4) is 5.75 Å². The maximum absolute atomic E-state index is 12.9. The smallest absolute Gasteiger partial charge is 0.267 e. The van der Waals surface area contributed by atoms with Gasteiger partial charge in [0.15, 0.2) is 6.10 Å². The summed E-state index contributed by atoms with van der Waals surface area (Å²) in [6.45, 7) is 0.280. The van der Waals surface area contributed by atoms with Gasteiger partial charge in [0.05, 0.1) is 5.69 Å². The van der Waals surface area contributed by atoms with Crippen LogP contribution in [-0.4, -0.2) is 31.5 Å². The van der Waals surface area contributed by atoms with E-state index in [-0.39, 0.29) is 18.4 Å². The summed E-state index contributed by atoms with van der Waals surface area (Å²) in [6.07, 6.45) is -0.289. The first kappa shape index (κ1) is 16.0. The molecule has 0 radical (unpaired) electrons. The third-order valence-electron chi connectivity index (χ3n) is 3.90. The largest absolute Gasteiger partial charge is 0.478 e. The summed E-state index contributed by atoms with van der Waals surface area (Å²) in [5.74, 6) is -0.208. The van der Waals surface area contributed by atoms with Gasteiger partial charge in [-0.15, -0.1) is 0 Å². The van der Waals surface area contributed by atoms with Crippen molar-refractivity contribution in [1.29, 1.82) is 0 Å². The van der Waals surface area contributed by atoms with Crippen LogP contribution in [0.5, 0.6) is 5.75 Å². The van der Waals surface area contributed by atoms with E-state index < -0.39 is 11.9 Å². The standard InChI is InChI=1S/C18H17FN2O3/c1-21-14-4-2-3-5-15(14)24-16(18(21)23)10-11-20-17(22)12-6-8-13(19)9-7-12/h2-9,16H,10-11H2,1H3,(H,20,22). The highest BCUT2D eigenvalue weighted by Crippen LogP contribution is 2.33. The van der Waals surface area contributed by atoms with Gasteiger partial charge in [-0.25, -0.2) is 4.39 Å². The average molecular weight is 328 g/mol. The Kier molecular flexibility index (Phi) is 4.46. The lowest BCUT2D eigenvalue weighted by Crippen LogP contribution is -2.45. The molecule has 1 aliphatic heterocycles. The summed E-state index contributed by atoms with van der Waals surface area (Å²) in [6, 6.07) is 12.6. The number of amides is 2. The van der Waals surface area contributed by atoms with Crippen molar-refractivity contribution in [2.45, 2.75) is 12.5 Å². The molecule has 0 saturated heterocycles. The van der Waals surface area contributed by atoms with Gasteiger partial charge in [-0.2, -0.15) is 0 Å². The Hall–Kier alpha value is -2.89. The highest BCUT2D eigenvalue weighted by atomic mass is 19.1. The second-order valence-corrected chi connectivity index (χ2v) is 5.52. The lowest BCUT2D eigenvalue weighted by Gasteiger charge is -2.31. The number of halogens is 1. The Morgan fingerprint density at radius 3 is 2.67 bits per heavy atom. The Balaban J connectivity index is 1.58. The van der Waals surface area contributed by atoms with Crippen molar-refractivity contribution in [1.82, 2.24) is 5.32 Å². The number of rotatable bonds is 4. The van der Waals surface area contributed by atoms with E-state index >= 15 is 0 Å². The summed E-state index contributed by atoms with van der Waals surface area (Å²) in [5, 5.41) is 2.71. The fourth-order valence-corrected chi connectivity index (χ4v) is 2.57. The van der Waals surface area contributed by atoms with Gasteiger partial charge in [0, 0.05) is 25.6 Å². The van der Waals surface area contributed by atoms with Crippen LogP contribution < -0.4 is 15.0 Å². The van der Waals surface area contributed by atoms with Crippen molar-refractivity contribution in [3.63, 3.8) is 0 Å². The quantitative estimate of drug-likeness (QED) is 0.937. The third-order valence-corrected chi connectivity index (χ3v) is 3.90. The molecule has 2 amide bonds. The number of benzene rings is 2. The van der Waals surface area contributed by atoms with E-state index in [4.69, 9.17) is 4.74 Å². The van der Waals surface area contributed by atoms with Crippen molar-refractivity contribution < 1.29 is 18.7 Å². The first-order valence-corrected chi connectivity index (χ1v) is 7.63. The Morgan fingerprint density at radius 2 is 1.92 bits per heavy atom. The number of anilines is 1. The molecule has 6 heteroatoms. The van der Waals surface area contributed by atoms with Gasteiger partial charge in [-0.05, 0) is 36.4 Å². The maximum Gasteiger partial charge on any atom is 0.267 e. The van der Waals surface area contributed by atoms with Gasteiger partial charge in [-0.3, -0.25) is 9.59 Å². The Bertz CT molecular complexity index is 761. The molecule has 0 saturated carbocycles. The van der Waals surface area contributed by atoms with Crippen LogP contribution in [-0.2, 0) is 4.79 Å². The van der Waals surface area contributed by atoms with Crippen molar-refractivity contribution in [3.05, 3.63) is 59.9 Å². The second kappa shape index (κ2) is 6.70. The van der Waals surface area contributed by atoms with Crippen molar-refractivity contribution >= 4 is 17.5 Å². The van der Waals surface area contributed by atoms with E-state index in [9.17, 15) is 14.0 Å². The fourth-order valence-electron chi connectivity index (χ4n) is 2.57. The fraction of sp³-hybridized carbons (Fsp3) is 0.222. The molecule has 1 aliphatic rings. The number of carbonyl (C=O) groups excluding carboxylic acids is 2. The second-order valence-electron chi connectivity index (χ2n) is 5.52. The minimum Gasteiger partial charge on any atom is -0.478 e. The molecule has 24 heavy (non-hydrogen) atoms. The molecular weight excluding hydrogens is 311 g/mol. The van der Waals surface area contributed by atoms with E-state index in [1.807, 2.05) is 24.3 Å². The zero-order valence-corrected chi connectivity index (χ0v) is 13.2. The molecule has 3 rings (SSSR count). The van der Waals surface area contributed by atoms with Gasteiger partial charge >= 0.3 is 0 Å². The number of likely N-dealkylation sites (N-methyl/N-ethyl adjacent to an activating group) is 1. The molecule has 0 aromatic heterocycles. The zero-order valence-electron chi connectivity index (χ0n) is 13.2. The average Bonchev–Trinajstić information content (AvgIpc) is 2.59.